The molecule has 0 saturated carbocycles. The van der Waals surface area contributed by atoms with Crippen LogP contribution in [0.2, 0.25) is 0 Å². The highest BCUT2D eigenvalue weighted by molar-refractivity contribution is 7.47. The van der Waals surface area contributed by atoms with E-state index < -0.39 is 20.0 Å². The number of phosphoric acid groups is 1. The molecule has 0 aliphatic heterocycles. The number of carbonyl (C=O) groups excluding carboxylic acids is 1. The summed E-state index contributed by atoms with van der Waals surface area (Å²) in [7, 11) is 1.55. The van der Waals surface area contributed by atoms with Crippen molar-refractivity contribution in [1.29, 1.82) is 0 Å². The number of carbonyl (C=O) groups is 1. The number of amides is 1. The Kier molecular flexibility index (Phi) is 25.7. The highest BCUT2D eigenvalue weighted by Crippen LogP contribution is 2.43. The number of hydrogen-bond donors (Lipinski definition) is 3. The molecule has 0 heterocycles. The van der Waals surface area contributed by atoms with Gasteiger partial charge in [0.1, 0.15) is 13.2 Å². The van der Waals surface area contributed by atoms with Gasteiger partial charge in [-0.15, -0.1) is 0 Å². The van der Waals surface area contributed by atoms with Gasteiger partial charge in [0.15, 0.2) is 0 Å². The number of nitrogens with zero attached hydrogens (tertiary/aromatic N) is 1. The van der Waals surface area contributed by atoms with Crippen LogP contribution >= 0.6 is 7.82 Å². The van der Waals surface area contributed by atoms with E-state index in [1.54, 1.807) is 6.08 Å². The first-order chi connectivity index (χ1) is 20.0. The van der Waals surface area contributed by atoms with E-state index in [9.17, 15) is 19.4 Å². The molecule has 8 nitrogen and oxygen atoms in total. The van der Waals surface area contributed by atoms with Crippen molar-refractivity contribution in [3.05, 3.63) is 24.3 Å². The molecule has 1 amide bonds. The Labute approximate surface area is 258 Å². The Morgan fingerprint density at radius 2 is 1.31 bits per heavy atom. The second kappa shape index (κ2) is 26.4. The topological polar surface area (TPSA) is 105 Å². The molecule has 0 aromatic heterocycles. The molecule has 0 fully saturated rings. The van der Waals surface area contributed by atoms with E-state index >= 15 is 0 Å². The van der Waals surface area contributed by atoms with Gasteiger partial charge >= 0.3 is 7.82 Å². The van der Waals surface area contributed by atoms with Crippen molar-refractivity contribution in [3.63, 3.8) is 0 Å². The number of rotatable bonds is 29. The van der Waals surface area contributed by atoms with E-state index in [0.29, 0.717) is 17.4 Å². The van der Waals surface area contributed by atoms with Gasteiger partial charge in [0, 0.05) is 6.42 Å². The van der Waals surface area contributed by atoms with Crippen LogP contribution < -0.4 is 5.32 Å². The summed E-state index contributed by atoms with van der Waals surface area (Å²) >= 11 is 0. The summed E-state index contributed by atoms with van der Waals surface area (Å²) in [5.41, 5.74) is 0. The first-order valence-corrected chi connectivity index (χ1v) is 18.2. The molecule has 0 radical (unpaired) electrons. The summed E-state index contributed by atoms with van der Waals surface area (Å²) in [6.45, 7) is 4.68. The monoisotopic (exact) mass is 617 g/mol. The summed E-state index contributed by atoms with van der Waals surface area (Å²) in [5, 5.41) is 13.6. The molecule has 3 unspecified atom stereocenters. The van der Waals surface area contributed by atoms with Gasteiger partial charge in [0.25, 0.3) is 0 Å². The van der Waals surface area contributed by atoms with Crippen LogP contribution in [-0.4, -0.2) is 73.4 Å². The first kappa shape index (κ1) is 41.0. The molecule has 0 saturated heterocycles. The number of aliphatic hydroxyl groups is 1. The lowest BCUT2D eigenvalue weighted by atomic mass is 10.1. The summed E-state index contributed by atoms with van der Waals surface area (Å²) in [6.07, 6.45) is 26.9. The third kappa shape index (κ3) is 27.8. The average Bonchev–Trinajstić information content (AvgIpc) is 2.92. The number of nitrogens with one attached hydrogen (secondary N) is 1. The van der Waals surface area contributed by atoms with Crippen LogP contribution in [0.3, 0.4) is 0 Å². The van der Waals surface area contributed by atoms with Crippen LogP contribution in [0.25, 0.3) is 0 Å². The van der Waals surface area contributed by atoms with E-state index in [1.807, 2.05) is 27.2 Å². The Balaban J connectivity index is 4.63. The zero-order valence-electron chi connectivity index (χ0n) is 27.7. The minimum absolute atomic E-state index is 0.0569. The minimum atomic E-state index is -4.32. The first-order valence-electron chi connectivity index (χ1n) is 16.7. The molecule has 42 heavy (non-hydrogen) atoms. The quantitative estimate of drug-likeness (QED) is 0.0342. The summed E-state index contributed by atoms with van der Waals surface area (Å²) in [4.78, 5) is 22.7. The van der Waals surface area contributed by atoms with Crippen molar-refractivity contribution in [2.45, 2.75) is 142 Å². The standard InChI is InChI=1S/C33H65N2O6P/c1-6-8-10-12-14-15-16-17-18-19-20-21-22-24-26-32(36)31(34-33(37)27-25-23-13-11-9-7-2)30-41-42(38,39)40-29-28-35(3,4)5/h19-20,24,26,31-32,36H,6-18,21-23,25,27-30H2,1-5H3,(H-,34,37,38,39)/p+1/b20-19+,26-24+. The number of quaternary nitrogens is 1. The van der Waals surface area contributed by atoms with Gasteiger partial charge in [-0.3, -0.25) is 13.8 Å². The van der Waals surface area contributed by atoms with Crippen LogP contribution in [0.1, 0.15) is 129 Å². The predicted octanol–water partition coefficient (Wildman–Crippen LogP) is 7.85. The van der Waals surface area contributed by atoms with E-state index in [0.717, 1.165) is 38.5 Å². The fraction of sp³-hybridized carbons (Fsp3) is 0.848. The van der Waals surface area contributed by atoms with Crippen LogP contribution in [0.4, 0.5) is 0 Å². The number of hydrogen-bond acceptors (Lipinski definition) is 5. The molecule has 3 N–H and O–H groups in total. The molecule has 0 aliphatic carbocycles. The van der Waals surface area contributed by atoms with Gasteiger partial charge in [-0.2, -0.15) is 0 Å². The van der Waals surface area contributed by atoms with Crippen LogP contribution in [0.15, 0.2) is 24.3 Å². The number of unbranched alkanes of at least 4 members (excludes halogenated alkanes) is 14. The zero-order chi connectivity index (χ0) is 31.5. The van der Waals surface area contributed by atoms with E-state index in [4.69, 9.17) is 9.05 Å². The fourth-order valence-corrected chi connectivity index (χ4v) is 5.14. The maximum Gasteiger partial charge on any atom is 0.472 e. The van der Waals surface area contributed by atoms with Gasteiger partial charge in [-0.25, -0.2) is 4.57 Å². The highest BCUT2D eigenvalue weighted by atomic mass is 31.2. The smallest absolute Gasteiger partial charge is 0.387 e. The van der Waals surface area contributed by atoms with Crippen molar-refractivity contribution in [3.8, 4) is 0 Å². The average molecular weight is 618 g/mol. The van der Waals surface area contributed by atoms with Crippen molar-refractivity contribution in [2.75, 3.05) is 40.9 Å². The molecule has 0 aliphatic rings. The molecule has 0 spiro atoms. The minimum Gasteiger partial charge on any atom is -0.387 e. The van der Waals surface area contributed by atoms with E-state index in [1.165, 1.54) is 70.6 Å². The third-order valence-electron chi connectivity index (χ3n) is 7.17. The van der Waals surface area contributed by atoms with Gasteiger partial charge in [0.2, 0.25) is 5.91 Å². The van der Waals surface area contributed by atoms with E-state index in [-0.39, 0.29) is 19.1 Å². The molecule has 248 valence electrons. The summed E-state index contributed by atoms with van der Waals surface area (Å²) < 4.78 is 23.2. The maximum absolute atomic E-state index is 12.6. The number of likely N-dealkylation sites (N-methyl/N-ethyl adjacent to an activating group) is 1. The van der Waals surface area contributed by atoms with Crippen molar-refractivity contribution >= 4 is 13.7 Å². The summed E-state index contributed by atoms with van der Waals surface area (Å²) in [6, 6.07) is -0.853. The number of aliphatic hydroxyl groups excluding tert-OH is 1. The van der Waals surface area contributed by atoms with Gasteiger partial charge in [-0.05, 0) is 32.1 Å². The van der Waals surface area contributed by atoms with Crippen molar-refractivity contribution in [1.82, 2.24) is 5.32 Å². The lowest BCUT2D eigenvalue weighted by Crippen LogP contribution is -2.45. The van der Waals surface area contributed by atoms with Crippen LogP contribution in [0.5, 0.6) is 0 Å². The van der Waals surface area contributed by atoms with E-state index in [2.05, 4.69) is 31.3 Å². The predicted molar refractivity (Wildman–Crippen MR) is 175 cm³/mol. The molecular weight excluding hydrogens is 551 g/mol. The maximum atomic E-state index is 12.6. The van der Waals surface area contributed by atoms with Crippen LogP contribution in [-0.2, 0) is 18.4 Å². The molecule has 3 atom stereocenters. The van der Waals surface area contributed by atoms with Crippen LogP contribution in [0, 0.1) is 0 Å². The second-order valence-corrected chi connectivity index (χ2v) is 14.0. The fourth-order valence-electron chi connectivity index (χ4n) is 4.41. The highest BCUT2D eigenvalue weighted by Gasteiger charge is 2.27. The Hall–Kier alpha value is -1.02. The molecule has 9 heteroatoms. The van der Waals surface area contributed by atoms with Gasteiger partial charge < -0.3 is 19.8 Å². The number of allylic oxidation sites excluding steroid dienone is 3. The molecule has 0 rings (SSSR count). The van der Waals surface area contributed by atoms with Crippen molar-refractivity contribution in [2.24, 2.45) is 0 Å². The summed E-state index contributed by atoms with van der Waals surface area (Å²) in [5.74, 6) is -0.200. The molecular formula is C33H66N2O6P+. The molecule has 0 bridgehead atoms. The SMILES string of the molecule is CCCCCCCCCC/C=C/CC/C=C/C(O)C(COP(=O)(O)OCC[N+](C)(C)C)NC(=O)CCCCCCCC. The Morgan fingerprint density at radius 1 is 0.786 bits per heavy atom. The van der Waals surface area contributed by atoms with Gasteiger partial charge in [-0.1, -0.05) is 115 Å². The normalized spacial score (nSPS) is 15.3. The lowest BCUT2D eigenvalue weighted by molar-refractivity contribution is -0.870. The zero-order valence-corrected chi connectivity index (χ0v) is 28.6. The Morgan fingerprint density at radius 3 is 1.90 bits per heavy atom. The molecule has 0 aromatic rings. The second-order valence-electron chi connectivity index (χ2n) is 12.5. The Bertz CT molecular complexity index is 753. The lowest BCUT2D eigenvalue weighted by Gasteiger charge is -2.25. The molecule has 0 aromatic carbocycles. The largest absolute Gasteiger partial charge is 0.472 e. The van der Waals surface area contributed by atoms with Gasteiger partial charge in [0.05, 0.1) is 39.9 Å². The van der Waals surface area contributed by atoms with Crippen molar-refractivity contribution < 1.29 is 32.9 Å². The number of phosphoric ester groups is 1. The third-order valence-corrected chi connectivity index (χ3v) is 8.16.